The van der Waals surface area contributed by atoms with E-state index in [2.05, 4.69) is 0 Å². The lowest BCUT2D eigenvalue weighted by molar-refractivity contribution is -0.152. The van der Waals surface area contributed by atoms with Gasteiger partial charge in [-0.1, -0.05) is 36.5 Å². The number of benzene rings is 1. The van der Waals surface area contributed by atoms with E-state index in [0.29, 0.717) is 45.5 Å². The average Bonchev–Trinajstić information content (AvgIpc) is 3.32. The molecule has 0 radical (unpaired) electrons. The Morgan fingerprint density at radius 3 is 2.57 bits per heavy atom. The van der Waals surface area contributed by atoms with E-state index < -0.39 is 12.0 Å². The van der Waals surface area contributed by atoms with E-state index in [1.165, 1.54) is 0 Å². The number of fused-ring (bicyclic) bond motifs is 1. The molecule has 3 aliphatic rings. The predicted molar refractivity (Wildman–Crippen MR) is 140 cm³/mol. The van der Waals surface area contributed by atoms with Crippen molar-refractivity contribution in [3.8, 4) is 5.75 Å². The number of allylic oxidation sites excluding steroid dienone is 1. The van der Waals surface area contributed by atoms with Gasteiger partial charge in [0, 0.05) is 32.3 Å². The van der Waals surface area contributed by atoms with Gasteiger partial charge in [0.15, 0.2) is 5.78 Å². The Hall–Kier alpha value is -3.24. The lowest BCUT2D eigenvalue weighted by Crippen LogP contribution is -2.51. The first-order valence-electron chi connectivity index (χ1n) is 12.6. The Labute approximate surface area is 221 Å². The summed E-state index contributed by atoms with van der Waals surface area (Å²) in [5.41, 5.74) is 7.52. The molecular formula is C27H33N3O6S. The molecule has 0 spiro atoms. The maximum Gasteiger partial charge on any atom is 0.332 e. The summed E-state index contributed by atoms with van der Waals surface area (Å²) in [5.74, 6) is -1.27. The van der Waals surface area contributed by atoms with Gasteiger partial charge in [-0.2, -0.15) is 0 Å². The van der Waals surface area contributed by atoms with Crippen molar-refractivity contribution in [2.24, 2.45) is 17.6 Å². The zero-order chi connectivity index (χ0) is 26.5. The summed E-state index contributed by atoms with van der Waals surface area (Å²) in [6.45, 7) is 3.37. The first kappa shape index (κ1) is 26.8. The van der Waals surface area contributed by atoms with Gasteiger partial charge in [0.1, 0.15) is 18.4 Å². The molecule has 1 aromatic carbocycles. The summed E-state index contributed by atoms with van der Waals surface area (Å²) in [5, 5.41) is 9.69. The van der Waals surface area contributed by atoms with Gasteiger partial charge in [0.2, 0.25) is 5.91 Å². The van der Waals surface area contributed by atoms with Gasteiger partial charge in [0.25, 0.3) is 0 Å². The van der Waals surface area contributed by atoms with Crippen molar-refractivity contribution in [2.75, 3.05) is 32.8 Å². The summed E-state index contributed by atoms with van der Waals surface area (Å²) in [4.78, 5) is 42.4. The monoisotopic (exact) mass is 527 g/mol. The van der Waals surface area contributed by atoms with E-state index >= 15 is 0 Å². The first-order chi connectivity index (χ1) is 17.8. The number of carbonyl (C=O) groups is 3. The van der Waals surface area contributed by atoms with E-state index in [0.717, 1.165) is 11.1 Å². The molecule has 3 atom stereocenters. The fourth-order valence-electron chi connectivity index (χ4n) is 5.08. The molecule has 1 aliphatic carbocycles. The van der Waals surface area contributed by atoms with Gasteiger partial charge >= 0.3 is 5.97 Å². The normalized spacial score (nSPS) is 22.4. The number of ketones is 1. The van der Waals surface area contributed by atoms with Crippen molar-refractivity contribution in [1.82, 2.24) is 9.80 Å². The number of nitrogens with zero attached hydrogens (tertiary/aromatic N) is 2. The van der Waals surface area contributed by atoms with Crippen molar-refractivity contribution in [1.29, 1.82) is 0 Å². The molecular weight excluding hydrogens is 494 g/mol. The third-order valence-electron chi connectivity index (χ3n) is 7.09. The van der Waals surface area contributed by atoms with Crippen molar-refractivity contribution in [3.63, 3.8) is 0 Å². The minimum Gasteiger partial charge on any atom is -0.508 e. The van der Waals surface area contributed by atoms with Crippen LogP contribution in [-0.2, 0) is 30.3 Å². The molecule has 10 heteroatoms. The molecule has 2 heterocycles. The minimum absolute atomic E-state index is 0.0326. The number of phenols is 1. The van der Waals surface area contributed by atoms with Gasteiger partial charge in [-0.15, -0.1) is 0 Å². The summed E-state index contributed by atoms with van der Waals surface area (Å²) >= 11 is 5.07. The van der Waals surface area contributed by atoms with Crippen LogP contribution < -0.4 is 5.73 Å². The van der Waals surface area contributed by atoms with Crippen molar-refractivity contribution >= 4 is 34.9 Å². The number of likely N-dealkylation sites (tertiary alicyclic amines) is 1. The average molecular weight is 528 g/mol. The number of phenolic OH excluding ortho intramolecular Hbond substituents is 1. The Bertz CT molecular complexity index is 1090. The zero-order valence-electron chi connectivity index (χ0n) is 20.9. The smallest absolute Gasteiger partial charge is 0.332 e. The molecule has 1 amide bonds. The summed E-state index contributed by atoms with van der Waals surface area (Å²) in [6, 6.07) is 6.28. The van der Waals surface area contributed by atoms with Gasteiger partial charge in [0.05, 0.1) is 29.5 Å². The number of ether oxygens (including phenoxy) is 2. The highest BCUT2D eigenvalue weighted by atomic mass is 32.1. The highest BCUT2D eigenvalue weighted by Gasteiger charge is 2.41. The van der Waals surface area contributed by atoms with E-state index in [1.807, 2.05) is 22.1 Å². The highest BCUT2D eigenvalue weighted by Crippen LogP contribution is 2.33. The van der Waals surface area contributed by atoms with Gasteiger partial charge < -0.3 is 30.1 Å². The van der Waals surface area contributed by atoms with Crippen LogP contribution in [-0.4, -0.2) is 82.5 Å². The molecule has 3 unspecified atom stereocenters. The van der Waals surface area contributed by atoms with Crippen LogP contribution in [0.1, 0.15) is 25.3 Å². The Morgan fingerprint density at radius 2 is 1.92 bits per heavy atom. The Balaban J connectivity index is 1.46. The number of thiocarbonyl (C=S) groups is 1. The van der Waals surface area contributed by atoms with Gasteiger partial charge in [-0.05, 0) is 43.0 Å². The van der Waals surface area contributed by atoms with Crippen LogP contribution in [0, 0.1) is 11.8 Å². The second-order valence-electron chi connectivity index (χ2n) is 9.55. The van der Waals surface area contributed by atoms with Crippen LogP contribution >= 0.6 is 12.2 Å². The lowest BCUT2D eigenvalue weighted by atomic mass is 9.83. The fraction of sp³-hybridized carbons (Fsp3) is 0.481. The van der Waals surface area contributed by atoms with E-state index in [-0.39, 0.29) is 47.0 Å². The topological polar surface area (TPSA) is 122 Å². The Morgan fingerprint density at radius 1 is 1.22 bits per heavy atom. The zero-order valence-corrected chi connectivity index (χ0v) is 21.7. The van der Waals surface area contributed by atoms with Crippen LogP contribution in [0.5, 0.6) is 5.75 Å². The largest absolute Gasteiger partial charge is 0.508 e. The second-order valence-corrected chi connectivity index (χ2v) is 10.0. The Kier molecular flexibility index (Phi) is 8.60. The molecule has 0 saturated carbocycles. The molecule has 37 heavy (non-hydrogen) atoms. The maximum absolute atomic E-state index is 13.8. The molecule has 0 aromatic heterocycles. The molecule has 0 bridgehead atoms. The predicted octanol–water partition coefficient (Wildman–Crippen LogP) is 1.73. The first-order valence-corrected chi connectivity index (χ1v) is 13.0. The molecule has 1 fully saturated rings. The van der Waals surface area contributed by atoms with E-state index in [4.69, 9.17) is 27.4 Å². The highest BCUT2D eigenvalue weighted by molar-refractivity contribution is 7.80. The van der Waals surface area contributed by atoms with Crippen LogP contribution in [0.4, 0.5) is 0 Å². The van der Waals surface area contributed by atoms with Crippen molar-refractivity contribution in [3.05, 3.63) is 53.8 Å². The number of nitrogens with two attached hydrogens (primary N) is 1. The number of carbonyl (C=O) groups excluding carboxylic acids is 3. The summed E-state index contributed by atoms with van der Waals surface area (Å²) in [6.07, 6.45) is 7.06. The molecule has 198 valence electrons. The SMILES string of the molecule is CCOC(=O)COC1CCN(C(=O)C(Cc2ccc(O)cc2)N2C=C3C=CC(C(N)=S)C(=O)C3C2)CC1. The van der Waals surface area contributed by atoms with Crippen LogP contribution in [0.15, 0.2) is 48.2 Å². The minimum atomic E-state index is -0.586. The van der Waals surface area contributed by atoms with Crippen LogP contribution in [0.25, 0.3) is 0 Å². The third-order valence-corrected chi connectivity index (χ3v) is 7.35. The van der Waals surface area contributed by atoms with Gasteiger partial charge in [-0.25, -0.2) is 4.79 Å². The quantitative estimate of drug-likeness (QED) is 0.365. The van der Waals surface area contributed by atoms with Crippen molar-refractivity contribution in [2.45, 2.75) is 38.3 Å². The standard InChI is InChI=1S/C27H33N3O6S/c1-2-35-24(32)16-36-20-9-11-29(12-10-20)27(34)23(13-17-3-6-19(31)7-4-17)30-14-18-5-8-21(26(28)37)25(33)22(18)15-30/h3-8,14,20-23,31H,2,9-13,15-16H2,1H3,(H2,28,37). The molecule has 2 aliphatic heterocycles. The maximum atomic E-state index is 13.8. The van der Waals surface area contributed by atoms with Crippen LogP contribution in [0.3, 0.4) is 0 Å². The van der Waals surface area contributed by atoms with Crippen LogP contribution in [0.2, 0.25) is 0 Å². The lowest BCUT2D eigenvalue weighted by Gasteiger charge is -2.37. The number of hydrogen-bond acceptors (Lipinski definition) is 8. The molecule has 1 saturated heterocycles. The molecule has 1 aromatic rings. The number of aromatic hydroxyl groups is 1. The van der Waals surface area contributed by atoms with Gasteiger partial charge in [-0.3, -0.25) is 9.59 Å². The van der Waals surface area contributed by atoms with Crippen molar-refractivity contribution < 1.29 is 29.0 Å². The van der Waals surface area contributed by atoms with E-state index in [9.17, 15) is 19.5 Å². The molecule has 3 N–H and O–H groups in total. The number of rotatable bonds is 9. The fourth-order valence-corrected chi connectivity index (χ4v) is 5.27. The second kappa shape index (κ2) is 11.9. The number of amides is 1. The molecule has 9 nitrogen and oxygen atoms in total. The molecule has 4 rings (SSSR count). The third kappa shape index (κ3) is 6.37. The van der Waals surface area contributed by atoms with E-state index in [1.54, 1.807) is 37.3 Å². The number of Topliss-reactive ketones (excluding diaryl/α,β-unsaturated/α-hetero) is 1. The number of piperidine rings is 1. The summed E-state index contributed by atoms with van der Waals surface area (Å²) in [7, 11) is 0. The number of hydrogen-bond donors (Lipinski definition) is 2. The summed E-state index contributed by atoms with van der Waals surface area (Å²) < 4.78 is 10.6. The number of esters is 1.